The lowest BCUT2D eigenvalue weighted by atomic mass is 10.1. The molecule has 0 spiro atoms. The van der Waals surface area contributed by atoms with E-state index in [1.807, 2.05) is 18.2 Å². The first-order valence-electron chi connectivity index (χ1n) is 7.07. The van der Waals surface area contributed by atoms with Gasteiger partial charge in [-0.15, -0.1) is 0 Å². The number of likely N-dealkylation sites (N-methyl/N-ethyl adjacent to an activating group) is 1. The van der Waals surface area contributed by atoms with Crippen LogP contribution in [0, 0.1) is 0 Å². The summed E-state index contributed by atoms with van der Waals surface area (Å²) >= 11 is 0. The van der Waals surface area contributed by atoms with Crippen molar-refractivity contribution in [1.29, 1.82) is 0 Å². The first-order chi connectivity index (χ1) is 10.2. The van der Waals surface area contributed by atoms with Gasteiger partial charge in [-0.25, -0.2) is 0 Å². The van der Waals surface area contributed by atoms with Gasteiger partial charge in [0.25, 0.3) is 0 Å². The molecule has 1 saturated heterocycles. The predicted molar refractivity (Wildman–Crippen MR) is 80.7 cm³/mol. The molecule has 2 rings (SSSR count). The first-order valence-corrected chi connectivity index (χ1v) is 7.07. The second kappa shape index (κ2) is 7.28. The smallest absolute Gasteiger partial charge is 0.238 e. The molecule has 1 aromatic rings. The third kappa shape index (κ3) is 3.65. The molecular weight excluding hydrogens is 270 g/mol. The molecule has 6 nitrogen and oxygen atoms in total. The van der Waals surface area contributed by atoms with E-state index in [1.165, 1.54) is 0 Å². The predicted octanol–water partition coefficient (Wildman–Crippen LogP) is 0.224. The second-order valence-corrected chi connectivity index (χ2v) is 4.98. The van der Waals surface area contributed by atoms with Crippen molar-refractivity contribution in [2.75, 3.05) is 40.9 Å². The normalized spacial score (nSPS) is 19.1. The maximum Gasteiger partial charge on any atom is 0.238 e. The van der Waals surface area contributed by atoms with Gasteiger partial charge >= 0.3 is 0 Å². The number of carbonyl (C=O) groups excluding carboxylic acids is 1. The summed E-state index contributed by atoms with van der Waals surface area (Å²) in [6.45, 7) is 3.00. The van der Waals surface area contributed by atoms with E-state index in [0.29, 0.717) is 13.1 Å². The second-order valence-electron chi connectivity index (χ2n) is 4.98. The van der Waals surface area contributed by atoms with Gasteiger partial charge in [0.2, 0.25) is 5.91 Å². The van der Waals surface area contributed by atoms with E-state index in [-0.39, 0.29) is 11.9 Å². The number of piperazine rings is 1. The molecule has 1 heterocycles. The molecule has 1 atom stereocenters. The summed E-state index contributed by atoms with van der Waals surface area (Å²) in [5.41, 5.74) is 1.02. The zero-order valence-electron chi connectivity index (χ0n) is 12.8. The van der Waals surface area contributed by atoms with Crippen LogP contribution >= 0.6 is 0 Å². The lowest BCUT2D eigenvalue weighted by Crippen LogP contribution is -2.56. The molecule has 1 unspecified atom stereocenters. The van der Waals surface area contributed by atoms with Crippen molar-refractivity contribution < 1.29 is 14.3 Å². The van der Waals surface area contributed by atoms with Gasteiger partial charge in [0.15, 0.2) is 0 Å². The number of carbonyl (C=O) groups is 1. The number of benzene rings is 1. The molecule has 116 valence electrons. The van der Waals surface area contributed by atoms with Crippen LogP contribution in [0.5, 0.6) is 11.5 Å². The van der Waals surface area contributed by atoms with Crippen LogP contribution in [-0.4, -0.2) is 57.8 Å². The Morgan fingerprint density at radius 3 is 2.90 bits per heavy atom. The molecule has 1 aromatic carbocycles. The molecule has 1 aliphatic heterocycles. The Morgan fingerprint density at radius 1 is 1.43 bits per heavy atom. The largest absolute Gasteiger partial charge is 0.497 e. The van der Waals surface area contributed by atoms with E-state index >= 15 is 0 Å². The van der Waals surface area contributed by atoms with Crippen molar-refractivity contribution >= 4 is 5.91 Å². The number of nitrogens with zero attached hydrogens (tertiary/aromatic N) is 1. The highest BCUT2D eigenvalue weighted by Gasteiger charge is 2.28. The average Bonchev–Trinajstić information content (AvgIpc) is 2.54. The van der Waals surface area contributed by atoms with Gasteiger partial charge in [0.05, 0.1) is 14.2 Å². The Kier molecular flexibility index (Phi) is 5.41. The molecule has 0 aliphatic carbocycles. The molecule has 21 heavy (non-hydrogen) atoms. The number of hydrogen-bond acceptors (Lipinski definition) is 5. The molecule has 0 radical (unpaired) electrons. The van der Waals surface area contributed by atoms with Crippen LogP contribution in [0.15, 0.2) is 18.2 Å². The monoisotopic (exact) mass is 293 g/mol. The van der Waals surface area contributed by atoms with E-state index in [2.05, 4.69) is 15.5 Å². The molecule has 6 heteroatoms. The lowest BCUT2D eigenvalue weighted by molar-refractivity contribution is -0.126. The summed E-state index contributed by atoms with van der Waals surface area (Å²) in [7, 11) is 4.96. The Hall–Kier alpha value is -1.79. The van der Waals surface area contributed by atoms with E-state index in [4.69, 9.17) is 9.47 Å². The summed E-state index contributed by atoms with van der Waals surface area (Å²) in [6, 6.07) is 5.56. The third-order valence-electron chi connectivity index (χ3n) is 3.76. The van der Waals surface area contributed by atoms with Crippen LogP contribution in [0.2, 0.25) is 0 Å². The average molecular weight is 293 g/mol. The fourth-order valence-corrected chi connectivity index (χ4v) is 2.59. The zero-order chi connectivity index (χ0) is 15.2. The van der Waals surface area contributed by atoms with Crippen molar-refractivity contribution in [2.24, 2.45) is 0 Å². The molecule has 1 amide bonds. The number of methoxy groups -OCH3 is 2. The van der Waals surface area contributed by atoms with E-state index in [1.54, 1.807) is 21.3 Å². The minimum atomic E-state index is -0.167. The maximum absolute atomic E-state index is 12.0. The van der Waals surface area contributed by atoms with Gasteiger partial charge in [0, 0.05) is 38.8 Å². The number of hydrogen-bond donors (Lipinski definition) is 2. The first kappa shape index (κ1) is 15.6. The lowest BCUT2D eigenvalue weighted by Gasteiger charge is -2.35. The van der Waals surface area contributed by atoms with Crippen LogP contribution < -0.4 is 20.1 Å². The van der Waals surface area contributed by atoms with Crippen molar-refractivity contribution in [2.45, 2.75) is 12.6 Å². The van der Waals surface area contributed by atoms with E-state index in [0.717, 1.165) is 30.2 Å². The Labute approximate surface area is 125 Å². The van der Waals surface area contributed by atoms with Gasteiger partial charge in [0.1, 0.15) is 17.5 Å². The maximum atomic E-state index is 12.0. The van der Waals surface area contributed by atoms with Crippen molar-refractivity contribution in [1.82, 2.24) is 15.5 Å². The van der Waals surface area contributed by atoms with Crippen molar-refractivity contribution in [3.63, 3.8) is 0 Å². The Bertz CT molecular complexity index is 493. The topological polar surface area (TPSA) is 62.8 Å². The van der Waals surface area contributed by atoms with Crippen LogP contribution in [0.1, 0.15) is 5.56 Å². The molecule has 0 saturated carbocycles. The highest BCUT2D eigenvalue weighted by Crippen LogP contribution is 2.26. The van der Waals surface area contributed by atoms with Gasteiger partial charge in [-0.3, -0.25) is 9.69 Å². The molecule has 1 aliphatic rings. The summed E-state index contributed by atoms with van der Waals surface area (Å²) in [5.74, 6) is 1.63. The molecule has 0 aromatic heterocycles. The van der Waals surface area contributed by atoms with E-state index in [9.17, 15) is 4.79 Å². The van der Waals surface area contributed by atoms with Crippen LogP contribution in [0.3, 0.4) is 0 Å². The van der Waals surface area contributed by atoms with E-state index < -0.39 is 0 Å². The van der Waals surface area contributed by atoms with Gasteiger partial charge in [-0.1, -0.05) is 0 Å². The van der Waals surface area contributed by atoms with Gasteiger partial charge in [-0.2, -0.15) is 0 Å². The number of nitrogens with one attached hydrogen (secondary N) is 2. The highest BCUT2D eigenvalue weighted by atomic mass is 16.5. The van der Waals surface area contributed by atoms with Crippen LogP contribution in [0.4, 0.5) is 0 Å². The zero-order valence-corrected chi connectivity index (χ0v) is 12.8. The summed E-state index contributed by atoms with van der Waals surface area (Å²) in [6.07, 6.45) is 0. The van der Waals surface area contributed by atoms with Gasteiger partial charge in [-0.05, 0) is 18.2 Å². The van der Waals surface area contributed by atoms with Crippen molar-refractivity contribution in [3.05, 3.63) is 23.8 Å². The standard InChI is InChI=1S/C15H23N3O3/c1-16-15(19)13-9-17-6-7-18(13)10-11-8-12(20-2)4-5-14(11)21-3/h4-5,8,13,17H,6-7,9-10H2,1-3H3,(H,16,19). The number of amides is 1. The molecule has 0 bridgehead atoms. The third-order valence-corrected chi connectivity index (χ3v) is 3.76. The SMILES string of the molecule is CNC(=O)C1CNCCN1Cc1cc(OC)ccc1OC. The fraction of sp³-hybridized carbons (Fsp3) is 0.533. The summed E-state index contributed by atoms with van der Waals surface area (Å²) in [4.78, 5) is 14.2. The number of ether oxygens (including phenoxy) is 2. The molecular formula is C15H23N3O3. The molecule has 1 fully saturated rings. The minimum Gasteiger partial charge on any atom is -0.497 e. The Morgan fingerprint density at radius 2 is 2.24 bits per heavy atom. The summed E-state index contributed by atoms with van der Waals surface area (Å²) in [5, 5.41) is 5.98. The van der Waals surface area contributed by atoms with Crippen LogP contribution in [0.25, 0.3) is 0 Å². The van der Waals surface area contributed by atoms with Gasteiger partial charge < -0.3 is 20.1 Å². The Balaban J connectivity index is 2.20. The van der Waals surface area contributed by atoms with Crippen LogP contribution in [-0.2, 0) is 11.3 Å². The quantitative estimate of drug-likeness (QED) is 0.813. The fourth-order valence-electron chi connectivity index (χ4n) is 2.59. The minimum absolute atomic E-state index is 0.0315. The van der Waals surface area contributed by atoms with Crippen molar-refractivity contribution in [3.8, 4) is 11.5 Å². The highest BCUT2D eigenvalue weighted by molar-refractivity contribution is 5.81. The number of rotatable bonds is 5. The summed E-state index contributed by atoms with van der Waals surface area (Å²) < 4.78 is 10.7. The molecule has 2 N–H and O–H groups in total.